The second-order valence-electron chi connectivity index (χ2n) is 6.26. The second-order valence-corrected chi connectivity index (χ2v) is 6.26. The van der Waals surface area contributed by atoms with Gasteiger partial charge in [0.05, 0.1) is 16.9 Å². The Bertz CT molecular complexity index is 489. The molecule has 2 unspecified atom stereocenters. The first-order valence-corrected chi connectivity index (χ1v) is 6.80. The van der Waals surface area contributed by atoms with Crippen LogP contribution in [-0.2, 0) is 19.1 Å². The zero-order valence-electron chi connectivity index (χ0n) is 10.8. The van der Waals surface area contributed by atoms with Crippen molar-refractivity contribution in [1.82, 2.24) is 10.2 Å². The quantitative estimate of drug-likeness (QED) is 0.508. The molecule has 0 bridgehead atoms. The van der Waals surface area contributed by atoms with Crippen LogP contribution in [0.3, 0.4) is 0 Å². The van der Waals surface area contributed by atoms with E-state index in [-0.39, 0.29) is 29.9 Å². The van der Waals surface area contributed by atoms with Crippen LogP contribution in [0, 0.1) is 10.8 Å². The maximum atomic E-state index is 12.2. The molecule has 0 aromatic heterocycles. The first-order chi connectivity index (χ1) is 9.00. The second kappa shape index (κ2) is 3.17. The number of carbonyl (C=O) groups excluding carboxylic acids is 3. The average molecular weight is 264 g/mol. The molecule has 0 aromatic rings. The fraction of sp³-hybridized carbons (Fsp3) is 0.769. The molecule has 1 N–H and O–H groups in total. The predicted octanol–water partition coefficient (Wildman–Crippen LogP) is -0.571. The Kier molecular flexibility index (Phi) is 1.91. The highest BCUT2D eigenvalue weighted by Gasteiger charge is 2.73. The Morgan fingerprint density at radius 3 is 2.26 bits per heavy atom. The molecule has 4 rings (SSSR count). The van der Waals surface area contributed by atoms with Crippen molar-refractivity contribution in [2.24, 2.45) is 10.8 Å². The summed E-state index contributed by atoms with van der Waals surface area (Å²) < 4.78 is 5.21. The molecule has 4 atom stereocenters. The Hall–Kier alpha value is -1.43. The zero-order chi connectivity index (χ0) is 13.4. The molecule has 3 saturated heterocycles. The van der Waals surface area contributed by atoms with Gasteiger partial charge < -0.3 is 9.64 Å². The molecule has 4 aliphatic rings. The number of nitrogens with one attached hydrogen (secondary N) is 1. The van der Waals surface area contributed by atoms with Crippen molar-refractivity contribution in [3.63, 3.8) is 0 Å². The summed E-state index contributed by atoms with van der Waals surface area (Å²) in [6.45, 7) is 2.60. The minimum Gasteiger partial charge on any atom is -0.359 e. The topological polar surface area (TPSA) is 79.0 Å². The van der Waals surface area contributed by atoms with Crippen LogP contribution in [0.15, 0.2) is 0 Å². The van der Waals surface area contributed by atoms with E-state index in [4.69, 9.17) is 4.74 Å². The van der Waals surface area contributed by atoms with E-state index >= 15 is 0 Å². The minimum atomic E-state index is -0.669. The smallest absolute Gasteiger partial charge is 0.254 e. The number of imide groups is 1. The summed E-state index contributed by atoms with van der Waals surface area (Å²) in [5.74, 6) is -0.437. The molecule has 1 saturated carbocycles. The van der Waals surface area contributed by atoms with Gasteiger partial charge in [0.15, 0.2) is 6.10 Å². The standard InChI is InChI=1S/C13H16N2O4/c1-7-8(19-7)9(16)15-5-12-3-2-4-13(12,6-15)11(18)14-10(12)17/h7-8H,2-6H2,1H3,(H,14,17,18)/t7-,8+,12?,13?/m0/s1. The molecule has 102 valence electrons. The third kappa shape index (κ3) is 1.14. The lowest BCUT2D eigenvalue weighted by atomic mass is 9.70. The fourth-order valence-corrected chi connectivity index (χ4v) is 4.27. The molecule has 0 aromatic carbocycles. The minimum absolute atomic E-state index is 0.0349. The molecule has 0 spiro atoms. The van der Waals surface area contributed by atoms with Gasteiger partial charge in [-0.1, -0.05) is 6.42 Å². The van der Waals surface area contributed by atoms with Crippen LogP contribution in [0.4, 0.5) is 0 Å². The molecule has 3 aliphatic heterocycles. The lowest BCUT2D eigenvalue weighted by Crippen LogP contribution is -2.41. The zero-order valence-corrected chi connectivity index (χ0v) is 10.8. The first-order valence-electron chi connectivity index (χ1n) is 6.80. The van der Waals surface area contributed by atoms with Crippen molar-refractivity contribution in [3.8, 4) is 0 Å². The van der Waals surface area contributed by atoms with Gasteiger partial charge in [-0.25, -0.2) is 0 Å². The highest BCUT2D eigenvalue weighted by molar-refractivity contribution is 6.11. The molecule has 3 amide bonds. The Balaban J connectivity index is 1.68. The van der Waals surface area contributed by atoms with Gasteiger partial charge in [-0.3, -0.25) is 19.7 Å². The van der Waals surface area contributed by atoms with Gasteiger partial charge in [0.2, 0.25) is 11.8 Å². The van der Waals surface area contributed by atoms with Crippen LogP contribution in [0.25, 0.3) is 0 Å². The maximum absolute atomic E-state index is 12.2. The number of ether oxygens (including phenoxy) is 1. The van der Waals surface area contributed by atoms with Gasteiger partial charge >= 0.3 is 0 Å². The van der Waals surface area contributed by atoms with Crippen molar-refractivity contribution >= 4 is 17.7 Å². The van der Waals surface area contributed by atoms with E-state index < -0.39 is 10.8 Å². The number of epoxide rings is 1. The summed E-state index contributed by atoms with van der Waals surface area (Å²) in [6.07, 6.45) is 1.89. The Morgan fingerprint density at radius 2 is 1.79 bits per heavy atom. The van der Waals surface area contributed by atoms with E-state index in [2.05, 4.69) is 5.32 Å². The number of likely N-dealkylation sites (tertiary alicyclic amines) is 1. The van der Waals surface area contributed by atoms with Crippen LogP contribution in [-0.4, -0.2) is 47.9 Å². The van der Waals surface area contributed by atoms with Gasteiger partial charge in [0.25, 0.3) is 5.91 Å². The van der Waals surface area contributed by atoms with Gasteiger partial charge in [-0.05, 0) is 19.8 Å². The molecule has 4 fully saturated rings. The van der Waals surface area contributed by atoms with Gasteiger partial charge in [0.1, 0.15) is 0 Å². The highest BCUT2D eigenvalue weighted by Crippen LogP contribution is 2.61. The number of amides is 3. The number of carbonyl (C=O) groups is 3. The molecule has 0 radical (unpaired) electrons. The molecular formula is C13H16N2O4. The Labute approximate surface area is 110 Å². The van der Waals surface area contributed by atoms with Crippen molar-refractivity contribution < 1.29 is 19.1 Å². The van der Waals surface area contributed by atoms with Gasteiger partial charge in [-0.2, -0.15) is 0 Å². The van der Waals surface area contributed by atoms with Crippen LogP contribution in [0.2, 0.25) is 0 Å². The van der Waals surface area contributed by atoms with Crippen molar-refractivity contribution in [2.45, 2.75) is 38.4 Å². The lowest BCUT2D eigenvalue weighted by molar-refractivity contribution is -0.134. The van der Waals surface area contributed by atoms with E-state index in [0.29, 0.717) is 25.9 Å². The number of rotatable bonds is 1. The first kappa shape index (κ1) is 11.4. The van der Waals surface area contributed by atoms with E-state index in [0.717, 1.165) is 6.42 Å². The fourth-order valence-electron chi connectivity index (χ4n) is 4.27. The summed E-state index contributed by atoms with van der Waals surface area (Å²) >= 11 is 0. The Morgan fingerprint density at radius 1 is 1.26 bits per heavy atom. The maximum Gasteiger partial charge on any atom is 0.254 e. The van der Waals surface area contributed by atoms with E-state index in [1.54, 1.807) is 4.90 Å². The summed E-state index contributed by atoms with van der Waals surface area (Å²) in [5.41, 5.74) is -1.34. The molecule has 3 heterocycles. The van der Waals surface area contributed by atoms with Crippen molar-refractivity contribution in [2.75, 3.05) is 13.1 Å². The van der Waals surface area contributed by atoms with Crippen molar-refractivity contribution in [1.29, 1.82) is 0 Å². The number of nitrogens with zero attached hydrogens (tertiary/aromatic N) is 1. The van der Waals surface area contributed by atoms with Crippen LogP contribution in [0.1, 0.15) is 26.2 Å². The largest absolute Gasteiger partial charge is 0.359 e. The van der Waals surface area contributed by atoms with Gasteiger partial charge in [-0.15, -0.1) is 0 Å². The summed E-state index contributed by atoms with van der Waals surface area (Å²) in [4.78, 5) is 38.3. The highest BCUT2D eigenvalue weighted by atomic mass is 16.6. The molecule has 6 nitrogen and oxygen atoms in total. The van der Waals surface area contributed by atoms with Crippen LogP contribution < -0.4 is 5.32 Å². The van der Waals surface area contributed by atoms with Crippen LogP contribution in [0.5, 0.6) is 0 Å². The van der Waals surface area contributed by atoms with E-state index in [9.17, 15) is 14.4 Å². The number of hydrogen-bond donors (Lipinski definition) is 1. The SMILES string of the molecule is C[C@@H]1O[C@H]1C(=O)N1CC23CCCC2(C1)C(=O)NC3=O. The normalized spacial score (nSPS) is 47.1. The monoisotopic (exact) mass is 264 g/mol. The molecule has 6 heteroatoms. The predicted molar refractivity (Wildman–Crippen MR) is 62.8 cm³/mol. The van der Waals surface area contributed by atoms with Crippen molar-refractivity contribution in [3.05, 3.63) is 0 Å². The summed E-state index contributed by atoms with van der Waals surface area (Å²) in [7, 11) is 0. The lowest BCUT2D eigenvalue weighted by Gasteiger charge is -2.25. The molecule has 1 aliphatic carbocycles. The van der Waals surface area contributed by atoms with E-state index in [1.165, 1.54) is 0 Å². The van der Waals surface area contributed by atoms with Crippen LogP contribution >= 0.6 is 0 Å². The third-order valence-electron chi connectivity index (χ3n) is 5.41. The average Bonchev–Trinajstić information content (AvgIpc) is 2.77. The third-order valence-corrected chi connectivity index (χ3v) is 5.41. The van der Waals surface area contributed by atoms with E-state index in [1.807, 2.05) is 6.92 Å². The van der Waals surface area contributed by atoms with Gasteiger partial charge in [0, 0.05) is 13.1 Å². The summed E-state index contributed by atoms with van der Waals surface area (Å²) in [5, 5.41) is 2.47. The molecule has 19 heavy (non-hydrogen) atoms. The summed E-state index contributed by atoms with van der Waals surface area (Å²) in [6, 6.07) is 0. The molecular weight excluding hydrogens is 248 g/mol. The number of hydrogen-bond acceptors (Lipinski definition) is 4.